The summed E-state index contributed by atoms with van der Waals surface area (Å²) < 4.78 is 33.6. The maximum absolute atomic E-state index is 12.9. The van der Waals surface area contributed by atoms with Gasteiger partial charge in [-0.15, -0.1) is 11.3 Å². The summed E-state index contributed by atoms with van der Waals surface area (Å²) in [7, 11) is -3.66. The van der Waals surface area contributed by atoms with Gasteiger partial charge < -0.3 is 4.74 Å². The lowest BCUT2D eigenvalue weighted by atomic mass is 9.98. The van der Waals surface area contributed by atoms with Crippen LogP contribution in [0.2, 0.25) is 0 Å². The number of hydrogen-bond acceptors (Lipinski definition) is 7. The summed E-state index contributed by atoms with van der Waals surface area (Å²) in [5.41, 5.74) is 1.35. The molecule has 1 aliphatic heterocycles. The van der Waals surface area contributed by atoms with Crippen LogP contribution < -0.4 is 0 Å². The molecule has 0 N–H and O–H groups in total. The number of ketones is 1. The van der Waals surface area contributed by atoms with Crippen LogP contribution in [0.5, 0.6) is 0 Å². The standard InChI is InChI=1S/C22H22N2O5S2/c1-15(25)16-6-8-18(9-7-16)31(27,28)24-12-10-17(11-13-24)22(26)29-14-21-23-19-4-2-3-5-20(19)30-21/h2-9,17H,10-14H2,1H3. The van der Waals surface area contributed by atoms with Crippen LogP contribution in [0.15, 0.2) is 53.4 Å². The number of rotatable bonds is 6. The molecule has 2 aromatic carbocycles. The van der Waals surface area contributed by atoms with E-state index in [9.17, 15) is 18.0 Å². The molecule has 162 valence electrons. The maximum atomic E-state index is 12.9. The number of fused-ring (bicyclic) bond motifs is 1. The lowest BCUT2D eigenvalue weighted by Gasteiger charge is -2.30. The molecule has 4 rings (SSSR count). The number of ether oxygens (including phenoxy) is 1. The number of sulfonamides is 1. The fourth-order valence-corrected chi connectivity index (χ4v) is 5.93. The molecule has 7 nitrogen and oxygen atoms in total. The highest BCUT2D eigenvalue weighted by atomic mass is 32.2. The second-order valence-corrected chi connectivity index (χ2v) is 10.5. The summed E-state index contributed by atoms with van der Waals surface area (Å²) in [5, 5.41) is 0.739. The molecule has 9 heteroatoms. The van der Waals surface area contributed by atoms with Gasteiger partial charge in [-0.25, -0.2) is 13.4 Å². The number of Topliss-reactive ketones (excluding diaryl/α,β-unsaturated/α-hetero) is 1. The zero-order chi connectivity index (χ0) is 22.0. The molecule has 3 aromatic rings. The number of thiazole rings is 1. The first-order valence-electron chi connectivity index (χ1n) is 9.97. The van der Waals surface area contributed by atoms with E-state index in [1.165, 1.54) is 46.8 Å². The Bertz CT molecular complexity index is 1180. The smallest absolute Gasteiger partial charge is 0.309 e. The Morgan fingerprint density at radius 2 is 1.77 bits per heavy atom. The lowest BCUT2D eigenvalue weighted by molar-refractivity contribution is -0.151. The average Bonchev–Trinajstić information content (AvgIpc) is 3.20. The van der Waals surface area contributed by atoms with Crippen molar-refractivity contribution in [1.29, 1.82) is 0 Å². The zero-order valence-corrected chi connectivity index (χ0v) is 18.6. The Hall–Kier alpha value is -2.62. The van der Waals surface area contributed by atoms with Crippen LogP contribution in [0.3, 0.4) is 0 Å². The first-order valence-corrected chi connectivity index (χ1v) is 12.2. The molecule has 0 bridgehead atoms. The number of para-hydroxylation sites is 1. The fourth-order valence-electron chi connectivity index (χ4n) is 3.57. The molecule has 1 aromatic heterocycles. The predicted molar refractivity (Wildman–Crippen MR) is 117 cm³/mol. The van der Waals surface area contributed by atoms with Crippen LogP contribution in [0, 0.1) is 5.92 Å². The van der Waals surface area contributed by atoms with Crippen molar-refractivity contribution in [3.05, 3.63) is 59.1 Å². The number of hydrogen-bond donors (Lipinski definition) is 0. The topological polar surface area (TPSA) is 93.6 Å². The lowest BCUT2D eigenvalue weighted by Crippen LogP contribution is -2.40. The fraction of sp³-hybridized carbons (Fsp3) is 0.318. The molecule has 0 aliphatic carbocycles. The number of piperidine rings is 1. The minimum atomic E-state index is -3.66. The van der Waals surface area contributed by atoms with Crippen molar-refractivity contribution < 1.29 is 22.7 Å². The molecule has 2 heterocycles. The summed E-state index contributed by atoms with van der Waals surface area (Å²) in [6, 6.07) is 13.7. The second-order valence-electron chi connectivity index (χ2n) is 7.44. The van der Waals surface area contributed by atoms with Gasteiger partial charge in [-0.1, -0.05) is 24.3 Å². The van der Waals surface area contributed by atoms with Crippen molar-refractivity contribution in [3.63, 3.8) is 0 Å². The highest BCUT2D eigenvalue weighted by Crippen LogP contribution is 2.26. The summed E-state index contributed by atoms with van der Waals surface area (Å²) in [4.78, 5) is 28.5. The molecule has 31 heavy (non-hydrogen) atoms. The summed E-state index contributed by atoms with van der Waals surface area (Å²) >= 11 is 1.49. The minimum Gasteiger partial charge on any atom is -0.458 e. The van der Waals surface area contributed by atoms with Crippen LogP contribution >= 0.6 is 11.3 Å². The van der Waals surface area contributed by atoms with Gasteiger partial charge in [0.1, 0.15) is 11.6 Å². The van der Waals surface area contributed by atoms with Crippen molar-refractivity contribution in [1.82, 2.24) is 9.29 Å². The summed E-state index contributed by atoms with van der Waals surface area (Å²) in [6.45, 7) is 2.05. The van der Waals surface area contributed by atoms with E-state index in [1.54, 1.807) is 0 Å². The van der Waals surface area contributed by atoms with Gasteiger partial charge in [0.25, 0.3) is 0 Å². The molecule has 0 unspecified atom stereocenters. The maximum Gasteiger partial charge on any atom is 0.309 e. The Balaban J connectivity index is 1.33. The molecule has 0 spiro atoms. The second kappa shape index (κ2) is 8.86. The molecule has 0 atom stereocenters. The number of nitrogens with zero attached hydrogens (tertiary/aromatic N) is 2. The van der Waals surface area contributed by atoms with Gasteiger partial charge in [0.05, 0.1) is 21.0 Å². The first kappa shape index (κ1) is 21.6. The van der Waals surface area contributed by atoms with Crippen molar-refractivity contribution in [2.45, 2.75) is 31.3 Å². The van der Waals surface area contributed by atoms with Crippen LogP contribution in [-0.4, -0.2) is 42.5 Å². The van der Waals surface area contributed by atoms with E-state index in [0.717, 1.165) is 15.2 Å². The van der Waals surface area contributed by atoms with E-state index < -0.39 is 10.0 Å². The zero-order valence-electron chi connectivity index (χ0n) is 17.0. The summed E-state index contributed by atoms with van der Waals surface area (Å²) in [6.07, 6.45) is 0.812. The molecule has 0 amide bonds. The number of benzene rings is 2. The van der Waals surface area contributed by atoms with Crippen LogP contribution in [-0.2, 0) is 26.2 Å². The van der Waals surface area contributed by atoms with E-state index in [0.29, 0.717) is 18.4 Å². The third kappa shape index (κ3) is 4.68. The molecule has 1 aliphatic rings. The van der Waals surface area contributed by atoms with Crippen LogP contribution in [0.25, 0.3) is 10.2 Å². The third-order valence-electron chi connectivity index (χ3n) is 5.36. The van der Waals surface area contributed by atoms with E-state index in [-0.39, 0.29) is 42.3 Å². The quantitative estimate of drug-likeness (QED) is 0.414. The van der Waals surface area contributed by atoms with Crippen LogP contribution in [0.1, 0.15) is 35.1 Å². The molecule has 1 fully saturated rings. The molecule has 0 radical (unpaired) electrons. The predicted octanol–water partition coefficient (Wildman–Crippen LogP) is 3.64. The molecule has 0 saturated carbocycles. The van der Waals surface area contributed by atoms with Crippen molar-refractivity contribution in [2.24, 2.45) is 5.92 Å². The Labute approximate surface area is 184 Å². The Kier molecular flexibility index (Phi) is 6.17. The van der Waals surface area contributed by atoms with Crippen molar-refractivity contribution in [2.75, 3.05) is 13.1 Å². The van der Waals surface area contributed by atoms with Gasteiger partial charge in [0.15, 0.2) is 5.78 Å². The monoisotopic (exact) mass is 458 g/mol. The number of aromatic nitrogens is 1. The molecule has 1 saturated heterocycles. The van der Waals surface area contributed by atoms with Gasteiger partial charge in [-0.2, -0.15) is 4.31 Å². The van der Waals surface area contributed by atoms with Gasteiger partial charge in [-0.3, -0.25) is 9.59 Å². The Morgan fingerprint density at radius 1 is 1.10 bits per heavy atom. The number of esters is 1. The van der Waals surface area contributed by atoms with Gasteiger partial charge >= 0.3 is 5.97 Å². The van der Waals surface area contributed by atoms with Crippen molar-refractivity contribution >= 4 is 43.3 Å². The highest BCUT2D eigenvalue weighted by molar-refractivity contribution is 7.89. The SMILES string of the molecule is CC(=O)c1ccc(S(=O)(=O)N2CCC(C(=O)OCc3nc4ccccc4s3)CC2)cc1. The first-order chi connectivity index (χ1) is 14.8. The van der Waals surface area contributed by atoms with E-state index in [1.807, 2.05) is 24.3 Å². The Morgan fingerprint density at radius 3 is 2.42 bits per heavy atom. The number of carbonyl (C=O) groups is 2. The van der Waals surface area contributed by atoms with E-state index in [4.69, 9.17) is 4.74 Å². The van der Waals surface area contributed by atoms with Gasteiger partial charge in [0, 0.05) is 18.7 Å². The summed E-state index contributed by atoms with van der Waals surface area (Å²) in [5.74, 6) is -0.767. The van der Waals surface area contributed by atoms with E-state index >= 15 is 0 Å². The minimum absolute atomic E-state index is 0.117. The molecular weight excluding hydrogens is 436 g/mol. The number of carbonyl (C=O) groups excluding carboxylic acids is 2. The largest absolute Gasteiger partial charge is 0.458 e. The highest BCUT2D eigenvalue weighted by Gasteiger charge is 2.33. The third-order valence-corrected chi connectivity index (χ3v) is 8.28. The average molecular weight is 459 g/mol. The van der Waals surface area contributed by atoms with Crippen molar-refractivity contribution in [3.8, 4) is 0 Å². The molecular formula is C22H22N2O5S2. The van der Waals surface area contributed by atoms with Crippen LogP contribution in [0.4, 0.5) is 0 Å². The van der Waals surface area contributed by atoms with E-state index in [2.05, 4.69) is 4.98 Å². The van der Waals surface area contributed by atoms with Gasteiger partial charge in [-0.05, 0) is 44.0 Å². The normalized spacial score (nSPS) is 15.8. The van der Waals surface area contributed by atoms with Gasteiger partial charge in [0.2, 0.25) is 10.0 Å².